The number of aromatic amines is 1. The number of carboxylic acid groups (broad SMARTS) is 1. The summed E-state index contributed by atoms with van der Waals surface area (Å²) in [7, 11) is 0. The van der Waals surface area contributed by atoms with Gasteiger partial charge in [-0.3, -0.25) is 14.3 Å². The Morgan fingerprint density at radius 3 is 2.70 bits per heavy atom. The number of hydrogen-bond donors (Lipinski definition) is 6. The Morgan fingerprint density at radius 2 is 2.13 bits per heavy atom. The van der Waals surface area contributed by atoms with E-state index in [0.29, 0.717) is 5.56 Å². The molecule has 2 heterocycles. The number of aliphatic hydroxyl groups is 3. The number of rotatable bonds is 6. The van der Waals surface area contributed by atoms with Crippen molar-refractivity contribution >= 4 is 18.2 Å². The number of aliphatic hydroxyl groups excluding tert-OH is 3. The highest BCUT2D eigenvalue weighted by molar-refractivity contribution is 7.71. The average Bonchev–Trinajstić information content (AvgIpc) is 2.77. The number of carbonyl (C=O) groups is 1. The van der Waals surface area contributed by atoms with Gasteiger partial charge in [0.25, 0.3) is 0 Å². The summed E-state index contributed by atoms with van der Waals surface area (Å²) in [6, 6.07) is 0. The zero-order valence-corrected chi connectivity index (χ0v) is 12.7. The van der Waals surface area contributed by atoms with Crippen LogP contribution in [-0.2, 0) is 16.1 Å². The van der Waals surface area contributed by atoms with Gasteiger partial charge in [-0.1, -0.05) is 12.2 Å². The van der Waals surface area contributed by atoms with Crippen LogP contribution >= 0.6 is 12.2 Å². The fourth-order valence-corrected chi connectivity index (χ4v) is 2.47. The summed E-state index contributed by atoms with van der Waals surface area (Å²) in [5, 5.41) is 40.0. The van der Waals surface area contributed by atoms with Crippen LogP contribution in [0.3, 0.4) is 0 Å². The number of nitrogens with zero attached hydrogens (tertiary/aromatic N) is 1. The van der Waals surface area contributed by atoms with E-state index >= 15 is 0 Å². The number of H-pyrrole nitrogens is 1. The van der Waals surface area contributed by atoms with E-state index in [1.165, 1.54) is 6.20 Å². The van der Waals surface area contributed by atoms with Gasteiger partial charge in [0, 0.05) is 18.3 Å². The second-order valence-corrected chi connectivity index (χ2v) is 5.46. The second-order valence-electron chi connectivity index (χ2n) is 5.05. The normalized spacial score (nSPS) is 27.3. The molecule has 0 unspecified atom stereocenters. The van der Waals surface area contributed by atoms with E-state index in [4.69, 9.17) is 27.2 Å². The minimum atomic E-state index is -1.41. The summed E-state index contributed by atoms with van der Waals surface area (Å²) in [6.07, 6.45) is -3.64. The molecule has 1 aliphatic heterocycles. The molecule has 1 saturated heterocycles. The monoisotopic (exact) mass is 347 g/mol. The lowest BCUT2D eigenvalue weighted by Gasteiger charge is -2.18. The van der Waals surface area contributed by atoms with Crippen molar-refractivity contribution in [2.24, 2.45) is 0 Å². The molecule has 6 N–H and O–H groups in total. The van der Waals surface area contributed by atoms with Crippen LogP contribution in [0.1, 0.15) is 11.8 Å². The predicted molar refractivity (Wildman–Crippen MR) is 78.2 cm³/mol. The summed E-state index contributed by atoms with van der Waals surface area (Å²) in [5.41, 5.74) is -0.245. The number of ether oxygens (including phenoxy) is 1. The molecule has 0 bridgehead atoms. The van der Waals surface area contributed by atoms with E-state index in [9.17, 15) is 19.8 Å². The molecular formula is C12H17N3O7S. The highest BCUT2D eigenvalue weighted by Crippen LogP contribution is 2.28. The average molecular weight is 347 g/mol. The third-order valence-electron chi connectivity index (χ3n) is 3.42. The molecule has 23 heavy (non-hydrogen) atoms. The Hall–Kier alpha value is -1.63. The lowest BCUT2D eigenvalue weighted by molar-refractivity contribution is -0.136. The first-order valence-corrected chi connectivity index (χ1v) is 7.15. The first kappa shape index (κ1) is 17.7. The summed E-state index contributed by atoms with van der Waals surface area (Å²) >= 11 is 5.00. The molecule has 128 valence electrons. The first-order chi connectivity index (χ1) is 10.8. The maximum absolute atomic E-state index is 12.0. The Balaban J connectivity index is 2.27. The summed E-state index contributed by atoms with van der Waals surface area (Å²) in [5.74, 6) is -1.04. The minimum absolute atomic E-state index is 0.0801. The van der Waals surface area contributed by atoms with Gasteiger partial charge in [0.15, 0.2) is 6.23 Å². The summed E-state index contributed by atoms with van der Waals surface area (Å²) in [6.45, 7) is -0.724. The molecule has 1 fully saturated rings. The highest BCUT2D eigenvalue weighted by atomic mass is 32.1. The standard InChI is InChI=1S/C12H17N3O7S/c16-4-6-8(19)9(20)11(22-6)15-3-5(1-13-2-7(17)18)10(23)14-12(15)21/h3,6,8-9,11,13,16,19-20H,1-2,4H2,(H,17,18)(H,14,21,23)/t6-,8-,9-,11-/m1/s1. The van der Waals surface area contributed by atoms with Crippen molar-refractivity contribution in [3.63, 3.8) is 0 Å². The van der Waals surface area contributed by atoms with Gasteiger partial charge in [-0.05, 0) is 0 Å². The number of aromatic nitrogens is 2. The molecule has 0 saturated carbocycles. The fourth-order valence-electron chi connectivity index (χ4n) is 2.26. The maximum atomic E-state index is 12.0. The molecular weight excluding hydrogens is 330 g/mol. The molecule has 0 amide bonds. The van der Waals surface area contributed by atoms with Crippen molar-refractivity contribution < 1.29 is 30.0 Å². The van der Waals surface area contributed by atoms with Crippen molar-refractivity contribution in [1.82, 2.24) is 14.9 Å². The third kappa shape index (κ3) is 3.83. The van der Waals surface area contributed by atoms with Gasteiger partial charge in [-0.15, -0.1) is 0 Å². The smallest absolute Gasteiger partial charge is 0.328 e. The molecule has 1 aromatic rings. The lowest BCUT2D eigenvalue weighted by atomic mass is 10.1. The van der Waals surface area contributed by atoms with Crippen LogP contribution in [0.5, 0.6) is 0 Å². The molecule has 4 atom stereocenters. The van der Waals surface area contributed by atoms with Gasteiger partial charge < -0.3 is 30.5 Å². The molecule has 0 aromatic carbocycles. The number of hydrogen-bond acceptors (Lipinski definition) is 8. The van der Waals surface area contributed by atoms with Crippen LogP contribution in [0.2, 0.25) is 0 Å². The van der Waals surface area contributed by atoms with Gasteiger partial charge in [-0.25, -0.2) is 4.79 Å². The van der Waals surface area contributed by atoms with Crippen molar-refractivity contribution in [3.8, 4) is 0 Å². The quantitative estimate of drug-likeness (QED) is 0.311. The van der Waals surface area contributed by atoms with Gasteiger partial charge in [0.1, 0.15) is 23.0 Å². The van der Waals surface area contributed by atoms with Crippen molar-refractivity contribution in [1.29, 1.82) is 0 Å². The Bertz CT molecular complexity index is 688. The molecule has 0 spiro atoms. The zero-order valence-electron chi connectivity index (χ0n) is 11.9. The van der Waals surface area contributed by atoms with E-state index in [0.717, 1.165) is 4.57 Å². The van der Waals surface area contributed by atoms with Gasteiger partial charge >= 0.3 is 11.7 Å². The topological polar surface area (TPSA) is 157 Å². The van der Waals surface area contributed by atoms with Crippen LogP contribution in [0, 0.1) is 4.64 Å². The highest BCUT2D eigenvalue weighted by Gasteiger charge is 2.43. The van der Waals surface area contributed by atoms with E-state index in [1.54, 1.807) is 0 Å². The van der Waals surface area contributed by atoms with Gasteiger partial charge in [0.05, 0.1) is 13.2 Å². The third-order valence-corrected chi connectivity index (χ3v) is 3.79. The fraction of sp³-hybridized carbons (Fsp3) is 0.583. The Kier molecular flexibility index (Phi) is 5.62. The minimum Gasteiger partial charge on any atom is -0.480 e. The lowest BCUT2D eigenvalue weighted by Crippen LogP contribution is -2.36. The Morgan fingerprint density at radius 1 is 1.43 bits per heavy atom. The Labute approximate surface area is 135 Å². The van der Waals surface area contributed by atoms with Crippen molar-refractivity contribution in [3.05, 3.63) is 26.9 Å². The first-order valence-electron chi connectivity index (χ1n) is 6.74. The molecule has 1 aliphatic rings. The van der Waals surface area contributed by atoms with Gasteiger partial charge in [0.2, 0.25) is 0 Å². The largest absolute Gasteiger partial charge is 0.480 e. The summed E-state index contributed by atoms with van der Waals surface area (Å²) < 4.78 is 6.42. The number of carboxylic acids is 1. The van der Waals surface area contributed by atoms with E-state index in [1.807, 2.05) is 0 Å². The number of aliphatic carboxylic acids is 1. The molecule has 2 rings (SSSR count). The van der Waals surface area contributed by atoms with Crippen molar-refractivity contribution in [2.45, 2.75) is 31.1 Å². The molecule has 0 aliphatic carbocycles. The van der Waals surface area contributed by atoms with E-state index in [-0.39, 0.29) is 17.7 Å². The van der Waals surface area contributed by atoms with E-state index < -0.39 is 42.8 Å². The van der Waals surface area contributed by atoms with Crippen molar-refractivity contribution in [2.75, 3.05) is 13.2 Å². The van der Waals surface area contributed by atoms with E-state index in [2.05, 4.69) is 10.3 Å². The zero-order chi connectivity index (χ0) is 17.1. The number of nitrogens with one attached hydrogen (secondary N) is 2. The van der Waals surface area contributed by atoms with Crippen LogP contribution in [0.15, 0.2) is 11.0 Å². The van der Waals surface area contributed by atoms with Crippen LogP contribution in [0.25, 0.3) is 0 Å². The second kappa shape index (κ2) is 7.29. The van der Waals surface area contributed by atoms with Crippen LogP contribution in [0.4, 0.5) is 0 Å². The maximum Gasteiger partial charge on any atom is 0.328 e. The predicted octanol–water partition coefficient (Wildman–Crippen LogP) is -2.31. The molecule has 1 aromatic heterocycles. The SMILES string of the molecule is O=C(O)CNCc1cn([C@@H]2O[C@H](CO)[C@@H](O)[C@H]2O)c(=O)[nH]c1=S. The molecule has 11 heteroatoms. The van der Waals surface area contributed by atoms with Crippen LogP contribution < -0.4 is 11.0 Å². The van der Waals surface area contributed by atoms with Crippen LogP contribution in [-0.4, -0.2) is 67.4 Å². The molecule has 10 nitrogen and oxygen atoms in total. The summed E-state index contributed by atoms with van der Waals surface area (Å²) in [4.78, 5) is 24.9. The van der Waals surface area contributed by atoms with Gasteiger partial charge in [-0.2, -0.15) is 0 Å². The molecule has 0 radical (unpaired) electrons.